The van der Waals surface area contributed by atoms with Crippen LogP contribution in [0.1, 0.15) is 12.0 Å². The molecule has 0 saturated carbocycles. The third-order valence-electron chi connectivity index (χ3n) is 5.28. The normalized spacial score (nSPS) is 16.5. The summed E-state index contributed by atoms with van der Waals surface area (Å²) in [4.78, 5) is 5.04. The fraction of sp³-hybridized carbons (Fsp3) is 0.455. The molecule has 0 radical (unpaired) electrons. The Balaban J connectivity index is 1.43. The monoisotopic (exact) mass is 435 g/mol. The van der Waals surface area contributed by atoms with Crippen LogP contribution in [0.15, 0.2) is 53.4 Å². The van der Waals surface area contributed by atoms with Crippen LogP contribution in [0.25, 0.3) is 0 Å². The van der Waals surface area contributed by atoms with Crippen molar-refractivity contribution >= 4 is 10.0 Å². The Kier molecular flexibility index (Phi) is 7.82. The second-order valence-electron chi connectivity index (χ2n) is 7.71. The zero-order valence-corrected chi connectivity index (χ0v) is 18.4. The lowest BCUT2D eigenvalue weighted by Gasteiger charge is -2.22. The summed E-state index contributed by atoms with van der Waals surface area (Å²) in [5, 5.41) is 0. The van der Waals surface area contributed by atoms with Gasteiger partial charge >= 0.3 is 0 Å². The highest BCUT2D eigenvalue weighted by molar-refractivity contribution is 7.89. The van der Waals surface area contributed by atoms with Crippen LogP contribution >= 0.6 is 0 Å². The van der Waals surface area contributed by atoms with Crippen molar-refractivity contribution < 1.29 is 17.5 Å². The molecule has 0 atom stereocenters. The van der Waals surface area contributed by atoms with Crippen molar-refractivity contribution in [1.82, 2.24) is 14.1 Å². The van der Waals surface area contributed by atoms with Gasteiger partial charge in [0, 0.05) is 40.3 Å². The SMILES string of the molecule is CN(C)S(=O)(=O)c1ccc(OCCN2CCCN(Cc3ccc(F)cc3)CC2)cc1. The lowest BCUT2D eigenvalue weighted by Crippen LogP contribution is -2.33. The molecule has 0 bridgehead atoms. The molecule has 6 nitrogen and oxygen atoms in total. The van der Waals surface area contributed by atoms with Gasteiger partial charge in [0.25, 0.3) is 0 Å². The van der Waals surface area contributed by atoms with E-state index in [1.807, 2.05) is 12.1 Å². The quantitative estimate of drug-likeness (QED) is 0.638. The Morgan fingerprint density at radius 2 is 1.57 bits per heavy atom. The van der Waals surface area contributed by atoms with Gasteiger partial charge in [-0.25, -0.2) is 17.1 Å². The average molecular weight is 436 g/mol. The molecule has 8 heteroatoms. The molecule has 1 aliphatic rings. The summed E-state index contributed by atoms with van der Waals surface area (Å²) in [6.45, 7) is 6.19. The predicted molar refractivity (Wildman–Crippen MR) is 116 cm³/mol. The molecule has 2 aromatic carbocycles. The van der Waals surface area contributed by atoms with Crippen molar-refractivity contribution in [2.45, 2.75) is 17.9 Å². The lowest BCUT2D eigenvalue weighted by molar-refractivity contribution is 0.207. The number of hydrogen-bond acceptors (Lipinski definition) is 5. The van der Waals surface area contributed by atoms with E-state index in [2.05, 4.69) is 9.80 Å². The maximum atomic E-state index is 13.1. The van der Waals surface area contributed by atoms with Crippen molar-refractivity contribution in [1.29, 1.82) is 0 Å². The molecule has 1 aliphatic heterocycles. The van der Waals surface area contributed by atoms with Crippen molar-refractivity contribution in [2.75, 3.05) is 53.4 Å². The van der Waals surface area contributed by atoms with E-state index in [9.17, 15) is 12.8 Å². The average Bonchev–Trinajstić information content (AvgIpc) is 2.95. The van der Waals surface area contributed by atoms with Crippen molar-refractivity contribution in [3.05, 3.63) is 59.9 Å². The minimum atomic E-state index is -3.42. The smallest absolute Gasteiger partial charge is 0.242 e. The largest absolute Gasteiger partial charge is 0.492 e. The number of benzene rings is 2. The summed E-state index contributed by atoms with van der Waals surface area (Å²) in [7, 11) is -0.388. The van der Waals surface area contributed by atoms with Crippen molar-refractivity contribution in [2.24, 2.45) is 0 Å². The predicted octanol–water partition coefficient (Wildman–Crippen LogP) is 2.66. The van der Waals surface area contributed by atoms with Crippen LogP contribution in [0.3, 0.4) is 0 Å². The second-order valence-corrected chi connectivity index (χ2v) is 9.86. The van der Waals surface area contributed by atoms with Crippen LogP contribution < -0.4 is 4.74 Å². The Labute approximate surface area is 178 Å². The van der Waals surface area contributed by atoms with E-state index in [0.717, 1.165) is 51.3 Å². The zero-order chi connectivity index (χ0) is 21.6. The maximum absolute atomic E-state index is 13.1. The van der Waals surface area contributed by atoms with Crippen LogP contribution in [-0.2, 0) is 16.6 Å². The molecule has 3 rings (SSSR count). The van der Waals surface area contributed by atoms with Gasteiger partial charge in [-0.05, 0) is 61.5 Å². The molecular formula is C22H30FN3O3S. The Morgan fingerprint density at radius 3 is 2.23 bits per heavy atom. The van der Waals surface area contributed by atoms with Gasteiger partial charge in [-0.1, -0.05) is 12.1 Å². The van der Waals surface area contributed by atoms with Crippen LogP contribution in [0.4, 0.5) is 4.39 Å². The van der Waals surface area contributed by atoms with E-state index in [0.29, 0.717) is 12.4 Å². The number of halogens is 1. The highest BCUT2D eigenvalue weighted by Crippen LogP contribution is 2.18. The van der Waals surface area contributed by atoms with E-state index in [1.165, 1.54) is 30.5 Å². The van der Waals surface area contributed by atoms with Gasteiger partial charge in [0.2, 0.25) is 10.0 Å². The fourth-order valence-corrected chi connectivity index (χ4v) is 4.37. The Bertz CT molecular complexity index is 902. The van der Waals surface area contributed by atoms with Gasteiger partial charge in [0.15, 0.2) is 0 Å². The topological polar surface area (TPSA) is 53.1 Å². The summed E-state index contributed by atoms with van der Waals surface area (Å²) in [5.74, 6) is 0.468. The summed E-state index contributed by atoms with van der Waals surface area (Å²) in [5.41, 5.74) is 1.13. The Morgan fingerprint density at radius 1 is 0.933 bits per heavy atom. The molecule has 2 aromatic rings. The van der Waals surface area contributed by atoms with Crippen molar-refractivity contribution in [3.63, 3.8) is 0 Å². The molecule has 0 spiro atoms. The third kappa shape index (κ3) is 6.25. The molecule has 0 unspecified atom stereocenters. The first-order chi connectivity index (χ1) is 14.3. The highest BCUT2D eigenvalue weighted by atomic mass is 32.2. The summed E-state index contributed by atoms with van der Waals surface area (Å²) >= 11 is 0. The number of nitrogens with zero attached hydrogens (tertiary/aromatic N) is 3. The minimum Gasteiger partial charge on any atom is -0.492 e. The molecule has 0 aromatic heterocycles. The molecule has 1 fully saturated rings. The third-order valence-corrected chi connectivity index (χ3v) is 7.11. The van der Waals surface area contributed by atoms with Gasteiger partial charge in [0.1, 0.15) is 18.2 Å². The lowest BCUT2D eigenvalue weighted by atomic mass is 10.2. The maximum Gasteiger partial charge on any atom is 0.242 e. The van der Waals surface area contributed by atoms with E-state index in [4.69, 9.17) is 4.74 Å². The molecule has 164 valence electrons. The fourth-order valence-electron chi connectivity index (χ4n) is 3.47. The standard InChI is InChI=1S/C22H30FN3O3S/c1-24(2)30(27,28)22-10-8-21(9-11-22)29-17-16-25-12-3-13-26(15-14-25)18-19-4-6-20(23)7-5-19/h4-11H,3,12-18H2,1-2H3. The zero-order valence-electron chi connectivity index (χ0n) is 17.6. The molecule has 1 heterocycles. The molecule has 0 amide bonds. The van der Waals surface area contributed by atoms with Gasteiger partial charge in [-0.2, -0.15) is 0 Å². The van der Waals surface area contributed by atoms with E-state index < -0.39 is 10.0 Å². The number of rotatable bonds is 8. The van der Waals surface area contributed by atoms with Gasteiger partial charge in [0.05, 0.1) is 4.90 Å². The van der Waals surface area contributed by atoms with Gasteiger partial charge in [-0.3, -0.25) is 9.80 Å². The van der Waals surface area contributed by atoms with Crippen LogP contribution in [0.5, 0.6) is 5.75 Å². The van der Waals surface area contributed by atoms with E-state index in [1.54, 1.807) is 24.3 Å². The second kappa shape index (κ2) is 10.3. The highest BCUT2D eigenvalue weighted by Gasteiger charge is 2.17. The molecule has 0 aliphatic carbocycles. The van der Waals surface area contributed by atoms with E-state index in [-0.39, 0.29) is 10.7 Å². The number of sulfonamides is 1. The summed E-state index contributed by atoms with van der Waals surface area (Å²) in [6.07, 6.45) is 1.08. The number of hydrogen-bond donors (Lipinski definition) is 0. The molecule has 1 saturated heterocycles. The van der Waals surface area contributed by atoms with Gasteiger partial charge < -0.3 is 4.74 Å². The van der Waals surface area contributed by atoms with Crippen molar-refractivity contribution in [3.8, 4) is 5.75 Å². The summed E-state index contributed by atoms with van der Waals surface area (Å²) < 4.78 is 44.3. The first-order valence-electron chi connectivity index (χ1n) is 10.2. The first-order valence-corrected chi connectivity index (χ1v) is 11.6. The molecular weight excluding hydrogens is 405 g/mol. The molecule has 0 N–H and O–H groups in total. The van der Waals surface area contributed by atoms with Crippen LogP contribution in [0, 0.1) is 5.82 Å². The molecule has 30 heavy (non-hydrogen) atoms. The van der Waals surface area contributed by atoms with Crippen LogP contribution in [-0.4, -0.2) is 75.9 Å². The number of ether oxygens (including phenoxy) is 1. The van der Waals surface area contributed by atoms with Crippen LogP contribution in [0.2, 0.25) is 0 Å². The van der Waals surface area contributed by atoms with Gasteiger partial charge in [-0.15, -0.1) is 0 Å². The minimum absolute atomic E-state index is 0.199. The van der Waals surface area contributed by atoms with E-state index >= 15 is 0 Å². The first kappa shape index (κ1) is 22.7. The summed E-state index contributed by atoms with van der Waals surface area (Å²) in [6, 6.07) is 13.3. The Hall–Kier alpha value is -2.00.